The van der Waals surface area contributed by atoms with E-state index in [1.54, 1.807) is 17.1 Å². The monoisotopic (exact) mass is 409 g/mol. The largest absolute Gasteiger partial charge is 0.471 e. The molecule has 1 amide bonds. The van der Waals surface area contributed by atoms with Crippen LogP contribution in [0.15, 0.2) is 24.7 Å². The summed E-state index contributed by atoms with van der Waals surface area (Å²) in [6.45, 7) is 0.801. The van der Waals surface area contributed by atoms with Crippen LogP contribution in [0.4, 0.5) is 4.39 Å². The summed E-state index contributed by atoms with van der Waals surface area (Å²) in [5, 5.41) is 7.13. The molecule has 2 aliphatic rings. The van der Waals surface area contributed by atoms with Crippen molar-refractivity contribution in [2.24, 2.45) is 5.73 Å². The summed E-state index contributed by atoms with van der Waals surface area (Å²) in [6, 6.07) is 1.34. The summed E-state index contributed by atoms with van der Waals surface area (Å²) in [5.41, 5.74) is 6.76. The average molecular weight is 409 g/mol. The first-order chi connectivity index (χ1) is 13.3. The van der Waals surface area contributed by atoms with Crippen molar-refractivity contribution < 1.29 is 22.3 Å². The number of hydrogen-bond acceptors (Lipinski definition) is 7. The number of alkyl halides is 1. The van der Waals surface area contributed by atoms with Crippen molar-refractivity contribution >= 4 is 15.7 Å². The number of halogens is 1. The Morgan fingerprint density at radius 2 is 2.11 bits per heavy atom. The first-order valence-corrected chi connectivity index (χ1v) is 10.7. The van der Waals surface area contributed by atoms with Gasteiger partial charge in [0.05, 0.1) is 23.7 Å². The van der Waals surface area contributed by atoms with Gasteiger partial charge in [-0.05, 0) is 19.0 Å². The molecule has 2 atom stereocenters. The van der Waals surface area contributed by atoms with E-state index in [-0.39, 0.29) is 35.5 Å². The van der Waals surface area contributed by atoms with Crippen LogP contribution in [0.5, 0.6) is 5.88 Å². The normalized spacial score (nSPS) is 24.5. The van der Waals surface area contributed by atoms with Gasteiger partial charge in [0.2, 0.25) is 5.88 Å². The fourth-order valence-electron chi connectivity index (χ4n) is 3.33. The van der Waals surface area contributed by atoms with Crippen molar-refractivity contribution in [2.75, 3.05) is 24.6 Å². The van der Waals surface area contributed by atoms with E-state index in [9.17, 15) is 17.6 Å². The van der Waals surface area contributed by atoms with Crippen LogP contribution in [0.1, 0.15) is 22.8 Å². The molecule has 0 aliphatic carbocycles. The topological polar surface area (TPSA) is 129 Å². The minimum Gasteiger partial charge on any atom is -0.471 e. The van der Waals surface area contributed by atoms with Gasteiger partial charge in [0.25, 0.3) is 5.91 Å². The minimum absolute atomic E-state index is 0.00304. The van der Waals surface area contributed by atoms with Gasteiger partial charge >= 0.3 is 0 Å². The number of piperidine rings is 1. The first kappa shape index (κ1) is 18.8. The molecule has 2 aromatic rings. The summed E-state index contributed by atoms with van der Waals surface area (Å²) in [5.74, 6) is -0.604. The lowest BCUT2D eigenvalue weighted by atomic mass is 10.1. The van der Waals surface area contributed by atoms with Gasteiger partial charge in [0.15, 0.2) is 9.84 Å². The lowest BCUT2D eigenvalue weighted by Crippen LogP contribution is -2.44. The molecule has 2 aliphatic heterocycles. The number of nitrogens with one attached hydrogen (secondary N) is 1. The number of hydrogen-bond donors (Lipinski definition) is 2. The summed E-state index contributed by atoms with van der Waals surface area (Å²) >= 11 is 0. The zero-order valence-corrected chi connectivity index (χ0v) is 15.7. The second-order valence-electron chi connectivity index (χ2n) is 7.05. The van der Waals surface area contributed by atoms with Crippen LogP contribution in [0.25, 0.3) is 11.1 Å². The Hall–Kier alpha value is -2.53. The molecule has 4 heterocycles. The average Bonchev–Trinajstić information content (AvgIpc) is 3.11. The van der Waals surface area contributed by atoms with E-state index in [4.69, 9.17) is 10.5 Å². The third kappa shape index (κ3) is 3.72. The maximum atomic E-state index is 14.0. The van der Waals surface area contributed by atoms with Gasteiger partial charge in [-0.3, -0.25) is 9.48 Å². The number of nitrogens with zero attached hydrogens (tertiary/aromatic N) is 3. The maximum Gasteiger partial charge on any atom is 0.254 e. The van der Waals surface area contributed by atoms with Gasteiger partial charge in [0.1, 0.15) is 17.8 Å². The molecule has 4 rings (SSSR count). The lowest BCUT2D eigenvalue weighted by Gasteiger charge is -2.27. The number of carbonyl (C=O) groups is 1. The molecule has 2 aromatic heterocycles. The quantitative estimate of drug-likeness (QED) is 0.716. The van der Waals surface area contributed by atoms with E-state index >= 15 is 0 Å². The Balaban J connectivity index is 1.57. The molecule has 9 nitrogen and oxygen atoms in total. The molecule has 2 saturated heterocycles. The van der Waals surface area contributed by atoms with Crippen LogP contribution in [0.3, 0.4) is 0 Å². The molecular formula is C17H20FN5O4S. The Morgan fingerprint density at radius 1 is 1.32 bits per heavy atom. The van der Waals surface area contributed by atoms with E-state index < -0.39 is 28.0 Å². The lowest BCUT2D eigenvalue weighted by molar-refractivity contribution is 0.0676. The molecule has 150 valence electrons. The summed E-state index contributed by atoms with van der Waals surface area (Å²) in [4.78, 5) is 16.1. The number of amides is 1. The fraction of sp³-hybridized carbons (Fsp3) is 0.471. The standard InChI is InChI=1S/C17H20FN5O4S/c18-14-6-20-2-1-15(14)27-17-13(16(19)24)3-10(4-21-17)11-5-22-23(7-11)12-8-28(25,26)9-12/h3-5,7,12,14-15,20H,1-2,6,8-9H2,(H2,19,24)/t14-,15+/m1/s1. The smallest absolute Gasteiger partial charge is 0.254 e. The van der Waals surface area contributed by atoms with Crippen LogP contribution in [-0.4, -0.2) is 66.0 Å². The summed E-state index contributed by atoms with van der Waals surface area (Å²) in [6.07, 6.45) is 3.33. The highest BCUT2D eigenvalue weighted by Crippen LogP contribution is 2.29. The number of carbonyl (C=O) groups excluding carboxylic acids is 1. The molecule has 0 spiro atoms. The molecule has 11 heteroatoms. The second kappa shape index (κ2) is 7.13. The highest BCUT2D eigenvalue weighted by molar-refractivity contribution is 7.92. The number of sulfone groups is 1. The second-order valence-corrected chi connectivity index (χ2v) is 9.20. The number of ether oxygens (including phenoxy) is 1. The molecule has 0 radical (unpaired) electrons. The molecule has 3 N–H and O–H groups in total. The van der Waals surface area contributed by atoms with Gasteiger partial charge in [-0.1, -0.05) is 0 Å². The van der Waals surface area contributed by atoms with Crippen LogP contribution >= 0.6 is 0 Å². The van der Waals surface area contributed by atoms with Crippen molar-refractivity contribution in [1.82, 2.24) is 20.1 Å². The van der Waals surface area contributed by atoms with Crippen molar-refractivity contribution in [1.29, 1.82) is 0 Å². The third-order valence-electron chi connectivity index (χ3n) is 4.93. The Bertz CT molecular complexity index is 997. The van der Waals surface area contributed by atoms with Gasteiger partial charge in [0, 0.05) is 30.1 Å². The van der Waals surface area contributed by atoms with Crippen molar-refractivity contribution in [2.45, 2.75) is 24.7 Å². The fourth-order valence-corrected chi connectivity index (χ4v) is 4.71. The first-order valence-electron chi connectivity index (χ1n) is 8.88. The molecule has 0 bridgehead atoms. The Labute approximate surface area is 161 Å². The predicted molar refractivity (Wildman–Crippen MR) is 98.5 cm³/mol. The molecular weight excluding hydrogens is 389 g/mol. The van der Waals surface area contributed by atoms with Gasteiger partial charge in [-0.25, -0.2) is 17.8 Å². The summed E-state index contributed by atoms with van der Waals surface area (Å²) in [7, 11) is -2.96. The van der Waals surface area contributed by atoms with Crippen molar-refractivity contribution in [3.8, 4) is 17.0 Å². The van der Waals surface area contributed by atoms with E-state index in [1.807, 2.05) is 0 Å². The maximum absolute atomic E-state index is 14.0. The SMILES string of the molecule is NC(=O)c1cc(-c2cnn(C3CS(=O)(=O)C3)c2)cnc1O[C@H]1CCNC[C@H]1F. The number of aromatic nitrogens is 3. The van der Waals surface area contributed by atoms with E-state index in [1.165, 1.54) is 12.3 Å². The predicted octanol–water partition coefficient (Wildman–Crippen LogP) is 0.0923. The highest BCUT2D eigenvalue weighted by atomic mass is 32.2. The minimum atomic E-state index is -2.96. The van der Waals surface area contributed by atoms with Gasteiger partial charge in [-0.15, -0.1) is 0 Å². The van der Waals surface area contributed by atoms with Crippen LogP contribution in [-0.2, 0) is 9.84 Å². The molecule has 0 saturated carbocycles. The van der Waals surface area contributed by atoms with Crippen molar-refractivity contribution in [3.05, 3.63) is 30.2 Å². The van der Waals surface area contributed by atoms with Crippen LogP contribution in [0, 0.1) is 0 Å². The molecule has 0 unspecified atom stereocenters. The molecule has 28 heavy (non-hydrogen) atoms. The third-order valence-corrected chi connectivity index (χ3v) is 6.71. The van der Waals surface area contributed by atoms with E-state index in [2.05, 4.69) is 15.4 Å². The Morgan fingerprint density at radius 3 is 2.79 bits per heavy atom. The molecule has 0 aromatic carbocycles. The number of rotatable bonds is 5. The summed E-state index contributed by atoms with van der Waals surface area (Å²) < 4.78 is 43.9. The zero-order chi connectivity index (χ0) is 19.9. The van der Waals surface area contributed by atoms with Gasteiger partial charge < -0.3 is 15.8 Å². The number of nitrogens with two attached hydrogens (primary N) is 1. The van der Waals surface area contributed by atoms with Crippen LogP contribution < -0.4 is 15.8 Å². The number of primary amides is 1. The highest BCUT2D eigenvalue weighted by Gasteiger charge is 2.35. The zero-order valence-electron chi connectivity index (χ0n) is 14.9. The van der Waals surface area contributed by atoms with E-state index in [0.717, 1.165) is 0 Å². The van der Waals surface area contributed by atoms with Gasteiger partial charge in [-0.2, -0.15) is 5.10 Å². The molecule has 2 fully saturated rings. The van der Waals surface area contributed by atoms with Crippen LogP contribution in [0.2, 0.25) is 0 Å². The van der Waals surface area contributed by atoms with E-state index in [0.29, 0.717) is 24.1 Å². The number of pyridine rings is 1. The van der Waals surface area contributed by atoms with Crippen molar-refractivity contribution in [3.63, 3.8) is 0 Å². The Kier molecular flexibility index (Phi) is 4.79.